The number of primary amides is 1. The Morgan fingerprint density at radius 2 is 1.88 bits per heavy atom. The number of carbonyl (C=O) groups is 1. The molecule has 0 spiro atoms. The molecule has 16 heavy (non-hydrogen) atoms. The van der Waals surface area contributed by atoms with Crippen LogP contribution >= 0.6 is 0 Å². The van der Waals surface area contributed by atoms with E-state index in [1.54, 1.807) is 12.1 Å². The third-order valence-corrected chi connectivity index (χ3v) is 2.49. The van der Waals surface area contributed by atoms with E-state index in [9.17, 15) is 9.18 Å². The quantitative estimate of drug-likeness (QED) is 0.724. The lowest BCUT2D eigenvalue weighted by atomic mass is 10.0. The fourth-order valence-corrected chi connectivity index (χ4v) is 1.54. The number of nitrogens with two attached hydrogens (primary N) is 2. The van der Waals surface area contributed by atoms with Gasteiger partial charge < -0.3 is 11.5 Å². The van der Waals surface area contributed by atoms with Gasteiger partial charge in [0.1, 0.15) is 5.82 Å². The molecule has 1 amide bonds. The van der Waals surface area contributed by atoms with Crippen LogP contribution < -0.4 is 11.5 Å². The van der Waals surface area contributed by atoms with Crippen LogP contribution in [0.15, 0.2) is 24.3 Å². The number of rotatable bonds is 6. The average Bonchev–Trinajstić information content (AvgIpc) is 2.25. The minimum absolute atomic E-state index is 0.103. The Bertz CT molecular complexity index is 337. The molecule has 0 fully saturated rings. The maximum Gasteiger partial charge on any atom is 0.217 e. The summed E-state index contributed by atoms with van der Waals surface area (Å²) in [6, 6.07) is 6.08. The Balaban J connectivity index is 2.32. The third-order valence-electron chi connectivity index (χ3n) is 2.49. The topological polar surface area (TPSA) is 69.1 Å². The van der Waals surface area contributed by atoms with Gasteiger partial charge in [0.15, 0.2) is 0 Å². The maximum atomic E-state index is 12.7. The zero-order chi connectivity index (χ0) is 12.0. The summed E-state index contributed by atoms with van der Waals surface area (Å²) < 4.78 is 12.7. The van der Waals surface area contributed by atoms with E-state index in [1.165, 1.54) is 12.1 Å². The maximum absolute atomic E-state index is 12.7. The van der Waals surface area contributed by atoms with Gasteiger partial charge in [-0.05, 0) is 30.5 Å². The van der Waals surface area contributed by atoms with Crippen LogP contribution in [0, 0.1) is 5.82 Å². The Morgan fingerprint density at radius 3 is 2.44 bits per heavy atom. The Kier molecular flexibility index (Phi) is 4.92. The largest absolute Gasteiger partial charge is 0.370 e. The SMILES string of the molecule is NC(=O)CCCCC(N)c1ccc(F)cc1. The van der Waals surface area contributed by atoms with Crippen molar-refractivity contribution in [3.8, 4) is 0 Å². The summed E-state index contributed by atoms with van der Waals surface area (Å²) in [6.45, 7) is 0. The molecule has 4 N–H and O–H groups in total. The summed E-state index contributed by atoms with van der Waals surface area (Å²) in [6.07, 6.45) is 2.78. The monoisotopic (exact) mass is 224 g/mol. The van der Waals surface area contributed by atoms with Gasteiger partial charge in [0.2, 0.25) is 5.91 Å². The highest BCUT2D eigenvalue weighted by Gasteiger charge is 2.05. The molecule has 0 radical (unpaired) electrons. The first kappa shape index (κ1) is 12.6. The Labute approximate surface area is 94.6 Å². The second-order valence-corrected chi connectivity index (χ2v) is 3.87. The average molecular weight is 224 g/mol. The van der Waals surface area contributed by atoms with Gasteiger partial charge in [-0.3, -0.25) is 4.79 Å². The number of amides is 1. The van der Waals surface area contributed by atoms with E-state index in [1.807, 2.05) is 0 Å². The fourth-order valence-electron chi connectivity index (χ4n) is 1.54. The van der Waals surface area contributed by atoms with Crippen LogP contribution in [0.3, 0.4) is 0 Å². The van der Waals surface area contributed by atoms with Crippen molar-refractivity contribution in [1.29, 1.82) is 0 Å². The molecule has 0 saturated carbocycles. The molecule has 0 aromatic heterocycles. The predicted octanol–water partition coefficient (Wildman–Crippen LogP) is 1.87. The van der Waals surface area contributed by atoms with Gasteiger partial charge in [-0.25, -0.2) is 4.39 Å². The molecule has 1 rings (SSSR count). The summed E-state index contributed by atoms with van der Waals surface area (Å²) in [4.78, 5) is 10.5. The van der Waals surface area contributed by atoms with Crippen molar-refractivity contribution in [3.05, 3.63) is 35.6 Å². The van der Waals surface area contributed by atoms with Crippen molar-refractivity contribution >= 4 is 5.91 Å². The molecule has 1 aromatic carbocycles. The zero-order valence-corrected chi connectivity index (χ0v) is 9.16. The second kappa shape index (κ2) is 6.23. The normalized spacial score (nSPS) is 12.4. The van der Waals surface area contributed by atoms with Crippen molar-refractivity contribution in [2.75, 3.05) is 0 Å². The van der Waals surface area contributed by atoms with Gasteiger partial charge in [-0.15, -0.1) is 0 Å². The van der Waals surface area contributed by atoms with Gasteiger partial charge in [0, 0.05) is 12.5 Å². The van der Waals surface area contributed by atoms with Crippen LogP contribution in [0.1, 0.15) is 37.3 Å². The third kappa shape index (κ3) is 4.40. The van der Waals surface area contributed by atoms with Crippen molar-refractivity contribution < 1.29 is 9.18 Å². The molecule has 0 aliphatic rings. The van der Waals surface area contributed by atoms with Gasteiger partial charge in [-0.1, -0.05) is 18.6 Å². The minimum Gasteiger partial charge on any atom is -0.370 e. The second-order valence-electron chi connectivity index (χ2n) is 3.87. The Morgan fingerprint density at radius 1 is 1.25 bits per heavy atom. The highest BCUT2D eigenvalue weighted by molar-refractivity contribution is 5.73. The molecule has 1 aromatic rings. The van der Waals surface area contributed by atoms with E-state index in [2.05, 4.69) is 0 Å². The molecule has 0 aliphatic carbocycles. The summed E-state index contributed by atoms with van der Waals surface area (Å²) in [7, 11) is 0. The predicted molar refractivity (Wildman–Crippen MR) is 61.0 cm³/mol. The smallest absolute Gasteiger partial charge is 0.217 e. The molecule has 0 heterocycles. The van der Waals surface area contributed by atoms with E-state index in [0.29, 0.717) is 6.42 Å². The molecule has 3 nitrogen and oxygen atoms in total. The lowest BCUT2D eigenvalue weighted by Gasteiger charge is -2.11. The molecule has 1 atom stereocenters. The molecular weight excluding hydrogens is 207 g/mol. The van der Waals surface area contributed by atoms with E-state index in [4.69, 9.17) is 11.5 Å². The number of unbranched alkanes of at least 4 members (excludes halogenated alkanes) is 1. The van der Waals surface area contributed by atoms with Crippen LogP contribution in [0.25, 0.3) is 0 Å². The number of benzene rings is 1. The first-order valence-electron chi connectivity index (χ1n) is 5.39. The molecular formula is C12H17FN2O. The van der Waals surface area contributed by atoms with Gasteiger partial charge in [-0.2, -0.15) is 0 Å². The summed E-state index contributed by atoms with van der Waals surface area (Å²) in [5.74, 6) is -0.542. The van der Waals surface area contributed by atoms with Crippen molar-refractivity contribution in [2.45, 2.75) is 31.7 Å². The molecule has 0 aliphatic heterocycles. The minimum atomic E-state index is -0.282. The van der Waals surface area contributed by atoms with Crippen molar-refractivity contribution in [2.24, 2.45) is 11.5 Å². The van der Waals surface area contributed by atoms with Gasteiger partial charge >= 0.3 is 0 Å². The van der Waals surface area contributed by atoms with E-state index in [0.717, 1.165) is 24.8 Å². The highest BCUT2D eigenvalue weighted by Crippen LogP contribution is 2.17. The van der Waals surface area contributed by atoms with Gasteiger partial charge in [0.05, 0.1) is 0 Å². The summed E-state index contributed by atoms with van der Waals surface area (Å²) in [5.41, 5.74) is 11.9. The number of hydrogen-bond acceptors (Lipinski definition) is 2. The van der Waals surface area contributed by atoms with Gasteiger partial charge in [0.25, 0.3) is 0 Å². The summed E-state index contributed by atoms with van der Waals surface area (Å²) in [5, 5.41) is 0. The standard InChI is InChI=1S/C12H17FN2O/c13-10-7-5-9(6-8-10)11(14)3-1-2-4-12(15)16/h5-8,11H,1-4,14H2,(H2,15,16). The first-order valence-corrected chi connectivity index (χ1v) is 5.39. The van der Waals surface area contributed by atoms with Crippen molar-refractivity contribution in [1.82, 2.24) is 0 Å². The highest BCUT2D eigenvalue weighted by atomic mass is 19.1. The molecule has 0 bridgehead atoms. The van der Waals surface area contributed by atoms with Crippen LogP contribution in [0.5, 0.6) is 0 Å². The summed E-state index contributed by atoms with van der Waals surface area (Å²) >= 11 is 0. The van der Waals surface area contributed by atoms with E-state index < -0.39 is 0 Å². The molecule has 1 unspecified atom stereocenters. The lowest BCUT2D eigenvalue weighted by molar-refractivity contribution is -0.118. The number of carbonyl (C=O) groups excluding carboxylic acids is 1. The van der Waals surface area contributed by atoms with Crippen molar-refractivity contribution in [3.63, 3.8) is 0 Å². The van der Waals surface area contributed by atoms with E-state index >= 15 is 0 Å². The van der Waals surface area contributed by atoms with Crippen LogP contribution in [0.2, 0.25) is 0 Å². The number of hydrogen-bond donors (Lipinski definition) is 2. The Hall–Kier alpha value is -1.42. The zero-order valence-electron chi connectivity index (χ0n) is 9.16. The van der Waals surface area contributed by atoms with Crippen LogP contribution in [0.4, 0.5) is 4.39 Å². The molecule has 0 saturated heterocycles. The molecule has 4 heteroatoms. The lowest BCUT2D eigenvalue weighted by Crippen LogP contribution is -2.12. The fraction of sp³-hybridized carbons (Fsp3) is 0.417. The van der Waals surface area contributed by atoms with E-state index in [-0.39, 0.29) is 17.8 Å². The van der Waals surface area contributed by atoms with Crippen LogP contribution in [-0.2, 0) is 4.79 Å². The number of halogens is 1. The molecule has 88 valence electrons. The first-order chi connectivity index (χ1) is 7.59. The van der Waals surface area contributed by atoms with Crippen LogP contribution in [-0.4, -0.2) is 5.91 Å².